The first-order valence-electron chi connectivity index (χ1n) is 6.22. The van der Waals surface area contributed by atoms with Crippen molar-refractivity contribution < 1.29 is 0 Å². The molecule has 1 aromatic heterocycles. The zero-order chi connectivity index (χ0) is 12.8. The van der Waals surface area contributed by atoms with Crippen molar-refractivity contribution in [3.63, 3.8) is 0 Å². The molecule has 2 aromatic rings. The summed E-state index contributed by atoms with van der Waals surface area (Å²) in [6.07, 6.45) is 4.44. The first kappa shape index (κ1) is 12.6. The van der Waals surface area contributed by atoms with Crippen molar-refractivity contribution in [1.82, 2.24) is 14.5 Å². The van der Waals surface area contributed by atoms with E-state index in [2.05, 4.69) is 41.2 Å². The summed E-state index contributed by atoms with van der Waals surface area (Å²) in [4.78, 5) is 16.2. The lowest BCUT2D eigenvalue weighted by molar-refractivity contribution is 0.313. The van der Waals surface area contributed by atoms with Crippen LogP contribution in [0.5, 0.6) is 0 Å². The number of aromatic amines is 1. The number of rotatable bonds is 6. The number of hydrogen-bond acceptors (Lipinski definition) is 2. The highest BCUT2D eigenvalue weighted by Crippen LogP contribution is 2.03. The molecule has 18 heavy (non-hydrogen) atoms. The van der Waals surface area contributed by atoms with Crippen LogP contribution in [0.15, 0.2) is 47.5 Å². The van der Waals surface area contributed by atoms with E-state index in [-0.39, 0.29) is 5.69 Å². The van der Waals surface area contributed by atoms with Crippen LogP contribution in [0.4, 0.5) is 0 Å². The van der Waals surface area contributed by atoms with Crippen molar-refractivity contribution >= 4 is 0 Å². The molecule has 96 valence electrons. The second kappa shape index (κ2) is 6.21. The lowest BCUT2D eigenvalue weighted by Crippen LogP contribution is -2.22. The lowest BCUT2D eigenvalue weighted by Gasteiger charge is -2.16. The Morgan fingerprint density at radius 3 is 2.72 bits per heavy atom. The molecule has 0 fully saturated rings. The van der Waals surface area contributed by atoms with Crippen molar-refractivity contribution in [2.24, 2.45) is 0 Å². The number of nitrogens with one attached hydrogen (secondary N) is 1. The Kier molecular flexibility index (Phi) is 4.36. The fraction of sp³-hybridized carbons (Fsp3) is 0.357. The van der Waals surface area contributed by atoms with Crippen LogP contribution < -0.4 is 5.69 Å². The van der Waals surface area contributed by atoms with E-state index in [0.29, 0.717) is 0 Å². The predicted molar refractivity (Wildman–Crippen MR) is 72.4 cm³/mol. The first-order chi connectivity index (χ1) is 8.75. The summed E-state index contributed by atoms with van der Waals surface area (Å²) >= 11 is 0. The minimum atomic E-state index is -0.0271. The van der Waals surface area contributed by atoms with Gasteiger partial charge in [0.25, 0.3) is 0 Å². The van der Waals surface area contributed by atoms with Gasteiger partial charge >= 0.3 is 5.69 Å². The highest BCUT2D eigenvalue weighted by molar-refractivity contribution is 5.14. The summed E-state index contributed by atoms with van der Waals surface area (Å²) in [5.74, 6) is 0. The summed E-state index contributed by atoms with van der Waals surface area (Å²) in [7, 11) is 2.10. The lowest BCUT2D eigenvalue weighted by atomic mass is 10.2. The summed E-state index contributed by atoms with van der Waals surface area (Å²) < 4.78 is 1.70. The second-order valence-electron chi connectivity index (χ2n) is 4.54. The molecule has 0 aliphatic rings. The molecule has 0 aliphatic carbocycles. The molecule has 4 nitrogen and oxygen atoms in total. The number of H-pyrrole nitrogens is 1. The van der Waals surface area contributed by atoms with Crippen LogP contribution >= 0.6 is 0 Å². The van der Waals surface area contributed by atoms with E-state index in [1.807, 2.05) is 6.07 Å². The summed E-state index contributed by atoms with van der Waals surface area (Å²) in [5, 5.41) is 0. The van der Waals surface area contributed by atoms with Gasteiger partial charge in [0, 0.05) is 25.5 Å². The fourth-order valence-electron chi connectivity index (χ4n) is 2.01. The quantitative estimate of drug-likeness (QED) is 0.841. The standard InChI is InChI=1S/C14H19N3O/c1-16(12-13-6-3-2-4-7-13)9-5-10-17-11-8-15-14(17)18/h2-4,6-8,11H,5,9-10,12H2,1H3,(H,15,18). The Bertz CT molecular complexity index is 515. The monoisotopic (exact) mass is 245 g/mol. The largest absolute Gasteiger partial charge is 0.325 e. The van der Waals surface area contributed by atoms with E-state index >= 15 is 0 Å². The van der Waals surface area contributed by atoms with Crippen molar-refractivity contribution in [2.75, 3.05) is 13.6 Å². The zero-order valence-corrected chi connectivity index (χ0v) is 10.7. The maximum absolute atomic E-state index is 11.3. The number of hydrogen-bond donors (Lipinski definition) is 1. The van der Waals surface area contributed by atoms with E-state index in [9.17, 15) is 4.79 Å². The molecule has 1 aromatic carbocycles. The van der Waals surface area contributed by atoms with E-state index in [1.54, 1.807) is 17.0 Å². The fourth-order valence-corrected chi connectivity index (χ4v) is 2.01. The minimum absolute atomic E-state index is 0.0271. The number of benzene rings is 1. The predicted octanol–water partition coefficient (Wildman–Crippen LogP) is 1.70. The Morgan fingerprint density at radius 2 is 2.06 bits per heavy atom. The van der Waals surface area contributed by atoms with Gasteiger partial charge in [0.05, 0.1) is 0 Å². The molecular weight excluding hydrogens is 226 g/mol. The van der Waals surface area contributed by atoms with E-state index in [0.717, 1.165) is 26.1 Å². The van der Waals surface area contributed by atoms with Gasteiger partial charge < -0.3 is 9.88 Å². The number of imidazole rings is 1. The number of aryl methyl sites for hydroxylation is 1. The van der Waals surface area contributed by atoms with Crippen LogP contribution in [0.2, 0.25) is 0 Å². The molecule has 0 saturated carbocycles. The normalized spacial score (nSPS) is 11.0. The van der Waals surface area contributed by atoms with Crippen LogP contribution in [0, 0.1) is 0 Å². The molecule has 2 rings (SSSR count). The molecule has 1 N–H and O–H groups in total. The van der Waals surface area contributed by atoms with Gasteiger partial charge in [-0.1, -0.05) is 30.3 Å². The topological polar surface area (TPSA) is 41.0 Å². The van der Waals surface area contributed by atoms with Gasteiger partial charge in [-0.25, -0.2) is 4.79 Å². The number of aromatic nitrogens is 2. The van der Waals surface area contributed by atoms with E-state index in [4.69, 9.17) is 0 Å². The maximum atomic E-state index is 11.3. The van der Waals surface area contributed by atoms with Crippen molar-refractivity contribution in [1.29, 1.82) is 0 Å². The average Bonchev–Trinajstić information content (AvgIpc) is 2.76. The molecule has 0 spiro atoms. The minimum Gasteiger partial charge on any atom is -0.313 e. The van der Waals surface area contributed by atoms with E-state index in [1.165, 1.54) is 5.56 Å². The van der Waals surface area contributed by atoms with Crippen LogP contribution in [0.1, 0.15) is 12.0 Å². The maximum Gasteiger partial charge on any atom is 0.325 e. The highest BCUT2D eigenvalue weighted by Gasteiger charge is 2.01. The molecule has 0 atom stereocenters. The number of nitrogens with zero attached hydrogens (tertiary/aromatic N) is 2. The van der Waals surface area contributed by atoms with Gasteiger partial charge in [-0.2, -0.15) is 0 Å². The molecule has 1 heterocycles. The molecule has 0 amide bonds. The molecule has 0 radical (unpaired) electrons. The third kappa shape index (κ3) is 3.60. The van der Waals surface area contributed by atoms with Crippen LogP contribution in [-0.4, -0.2) is 28.0 Å². The SMILES string of the molecule is CN(CCCn1cc[nH]c1=O)Cc1ccccc1. The van der Waals surface area contributed by atoms with Gasteiger partial charge in [-0.15, -0.1) is 0 Å². The Morgan fingerprint density at radius 1 is 1.28 bits per heavy atom. The molecule has 0 aliphatic heterocycles. The third-order valence-electron chi connectivity index (χ3n) is 2.96. The van der Waals surface area contributed by atoms with Gasteiger partial charge in [0.1, 0.15) is 0 Å². The second-order valence-corrected chi connectivity index (χ2v) is 4.54. The van der Waals surface area contributed by atoms with Crippen LogP contribution in [0.25, 0.3) is 0 Å². The summed E-state index contributed by atoms with van der Waals surface area (Å²) in [6.45, 7) is 2.69. The van der Waals surface area contributed by atoms with Crippen molar-refractivity contribution in [3.8, 4) is 0 Å². The van der Waals surface area contributed by atoms with Gasteiger partial charge in [-0.05, 0) is 25.6 Å². The van der Waals surface area contributed by atoms with Crippen molar-refractivity contribution in [3.05, 3.63) is 58.8 Å². The van der Waals surface area contributed by atoms with Crippen LogP contribution in [0.3, 0.4) is 0 Å². The van der Waals surface area contributed by atoms with Gasteiger partial charge in [-0.3, -0.25) is 4.57 Å². The zero-order valence-electron chi connectivity index (χ0n) is 10.7. The van der Waals surface area contributed by atoms with Crippen molar-refractivity contribution in [2.45, 2.75) is 19.5 Å². The molecule has 0 unspecified atom stereocenters. The van der Waals surface area contributed by atoms with Gasteiger partial charge in [0.15, 0.2) is 0 Å². The summed E-state index contributed by atoms with van der Waals surface area (Å²) in [6, 6.07) is 10.4. The molecular formula is C14H19N3O. The molecule has 4 heteroatoms. The molecule has 0 bridgehead atoms. The Hall–Kier alpha value is -1.81. The smallest absolute Gasteiger partial charge is 0.313 e. The Labute approximate surface area is 107 Å². The average molecular weight is 245 g/mol. The highest BCUT2D eigenvalue weighted by atomic mass is 16.1. The third-order valence-corrected chi connectivity index (χ3v) is 2.96. The molecule has 0 saturated heterocycles. The van der Waals surface area contributed by atoms with Gasteiger partial charge in [0.2, 0.25) is 0 Å². The van der Waals surface area contributed by atoms with E-state index < -0.39 is 0 Å². The summed E-state index contributed by atoms with van der Waals surface area (Å²) in [5.41, 5.74) is 1.29. The Balaban J connectivity index is 1.74. The van der Waals surface area contributed by atoms with Crippen LogP contribution in [-0.2, 0) is 13.1 Å². The first-order valence-corrected chi connectivity index (χ1v) is 6.22.